The Bertz CT molecular complexity index is 1300. The molecule has 2 amide bonds. The van der Waals surface area contributed by atoms with Crippen LogP contribution in [0.15, 0.2) is 83.8 Å². The first-order valence-electron chi connectivity index (χ1n) is 11.6. The van der Waals surface area contributed by atoms with Crippen molar-refractivity contribution in [2.75, 3.05) is 17.9 Å². The van der Waals surface area contributed by atoms with Gasteiger partial charge < -0.3 is 10.2 Å². The molecule has 7 nitrogen and oxygen atoms in total. The number of anilines is 1. The number of para-hydroxylation sites is 1. The molecule has 0 saturated heterocycles. The maximum atomic E-state index is 13.8. The molecule has 0 heterocycles. The number of likely N-dealkylation sites (N-methyl/N-ethyl adjacent to an activating group) is 1. The third-order valence-corrected chi connectivity index (χ3v) is 8.00. The first kappa shape index (κ1) is 27.2. The Hall–Kier alpha value is -3.36. The van der Waals surface area contributed by atoms with Crippen LogP contribution in [-0.4, -0.2) is 44.8 Å². The predicted molar refractivity (Wildman–Crippen MR) is 142 cm³/mol. The molecular weight excluding hydrogens is 498 g/mol. The number of hydrogen-bond acceptors (Lipinski definition) is 4. The Labute approximate surface area is 217 Å². The second-order valence-electron chi connectivity index (χ2n) is 8.29. The largest absolute Gasteiger partial charge is 0.357 e. The molecule has 9 heteroatoms. The van der Waals surface area contributed by atoms with Gasteiger partial charge in [-0.3, -0.25) is 13.9 Å². The zero-order chi connectivity index (χ0) is 26.3. The molecule has 1 atom stereocenters. The van der Waals surface area contributed by atoms with E-state index in [9.17, 15) is 18.0 Å². The van der Waals surface area contributed by atoms with Crippen molar-refractivity contribution in [1.29, 1.82) is 0 Å². The summed E-state index contributed by atoms with van der Waals surface area (Å²) in [7, 11) is -2.60. The van der Waals surface area contributed by atoms with E-state index in [1.54, 1.807) is 30.3 Å². The Balaban J connectivity index is 2.04. The van der Waals surface area contributed by atoms with Crippen molar-refractivity contribution in [3.05, 3.63) is 95.0 Å². The molecule has 190 valence electrons. The van der Waals surface area contributed by atoms with Crippen molar-refractivity contribution in [2.45, 2.75) is 37.8 Å². The van der Waals surface area contributed by atoms with E-state index in [0.29, 0.717) is 17.1 Å². The van der Waals surface area contributed by atoms with Crippen LogP contribution in [0, 0.1) is 6.92 Å². The summed E-state index contributed by atoms with van der Waals surface area (Å²) >= 11 is 5.96. The summed E-state index contributed by atoms with van der Waals surface area (Å²) < 4.78 is 28.4. The van der Waals surface area contributed by atoms with Crippen LogP contribution < -0.4 is 9.62 Å². The van der Waals surface area contributed by atoms with E-state index in [1.807, 2.05) is 38.1 Å². The topological polar surface area (TPSA) is 86.8 Å². The molecule has 1 N–H and O–H groups in total. The van der Waals surface area contributed by atoms with Gasteiger partial charge in [0.05, 0.1) is 10.6 Å². The van der Waals surface area contributed by atoms with E-state index in [2.05, 4.69) is 5.32 Å². The Morgan fingerprint density at radius 1 is 0.944 bits per heavy atom. The number of halogens is 1. The Kier molecular flexibility index (Phi) is 9.12. The average Bonchev–Trinajstić information content (AvgIpc) is 2.88. The summed E-state index contributed by atoms with van der Waals surface area (Å²) in [6, 6.07) is 21.0. The second-order valence-corrected chi connectivity index (χ2v) is 10.6. The number of amides is 2. The van der Waals surface area contributed by atoms with Gasteiger partial charge >= 0.3 is 0 Å². The normalized spacial score (nSPS) is 12.0. The number of rotatable bonds is 10. The molecule has 0 bridgehead atoms. The van der Waals surface area contributed by atoms with Gasteiger partial charge in [-0.15, -0.1) is 0 Å². The molecule has 0 unspecified atom stereocenters. The van der Waals surface area contributed by atoms with Gasteiger partial charge in [0, 0.05) is 18.6 Å². The lowest BCUT2D eigenvalue weighted by atomic mass is 10.1. The first-order chi connectivity index (χ1) is 17.2. The molecule has 0 radical (unpaired) electrons. The van der Waals surface area contributed by atoms with E-state index >= 15 is 0 Å². The zero-order valence-electron chi connectivity index (χ0n) is 20.5. The molecule has 0 aliphatic rings. The lowest BCUT2D eigenvalue weighted by molar-refractivity contribution is -0.140. The lowest BCUT2D eigenvalue weighted by Gasteiger charge is -2.33. The van der Waals surface area contributed by atoms with Crippen molar-refractivity contribution in [1.82, 2.24) is 10.2 Å². The standard InChI is InChI=1S/C27H30ClN3O4S/c1-4-25(27(33)29-3)30(18-21-11-9-8-10-20(21)2)26(32)19-31(23-12-6-5-7-13-23)36(34,35)24-16-14-22(28)15-17-24/h5-17,25H,4,18-19H2,1-3H3,(H,29,33)/t25-/m1/s1. The summed E-state index contributed by atoms with van der Waals surface area (Å²) in [4.78, 5) is 28.0. The number of nitrogens with one attached hydrogen (secondary N) is 1. The Morgan fingerprint density at radius 3 is 2.14 bits per heavy atom. The van der Waals surface area contributed by atoms with Crippen LogP contribution in [0.5, 0.6) is 0 Å². The summed E-state index contributed by atoms with van der Waals surface area (Å²) in [6.07, 6.45) is 0.368. The quantitative estimate of drug-likeness (QED) is 0.423. The average molecular weight is 528 g/mol. The molecule has 0 fully saturated rings. The van der Waals surface area contributed by atoms with Gasteiger partial charge in [0.1, 0.15) is 12.6 Å². The van der Waals surface area contributed by atoms with Crippen molar-refractivity contribution >= 4 is 39.1 Å². The van der Waals surface area contributed by atoms with Gasteiger partial charge in [-0.1, -0.05) is 61.0 Å². The van der Waals surface area contributed by atoms with Gasteiger partial charge in [-0.25, -0.2) is 8.42 Å². The number of nitrogens with zero attached hydrogens (tertiary/aromatic N) is 2. The molecule has 0 aliphatic carbocycles. The fourth-order valence-corrected chi connectivity index (χ4v) is 5.45. The maximum absolute atomic E-state index is 13.8. The van der Waals surface area contributed by atoms with E-state index < -0.39 is 28.5 Å². The third-order valence-electron chi connectivity index (χ3n) is 5.96. The first-order valence-corrected chi connectivity index (χ1v) is 13.4. The van der Waals surface area contributed by atoms with E-state index in [-0.39, 0.29) is 17.3 Å². The highest BCUT2D eigenvalue weighted by atomic mass is 35.5. The van der Waals surface area contributed by atoms with Gasteiger partial charge in [-0.05, 0) is 60.9 Å². The monoisotopic (exact) mass is 527 g/mol. The van der Waals surface area contributed by atoms with Crippen molar-refractivity contribution in [3.63, 3.8) is 0 Å². The van der Waals surface area contributed by atoms with Gasteiger partial charge in [0.25, 0.3) is 10.0 Å². The van der Waals surface area contributed by atoms with E-state index in [0.717, 1.165) is 15.4 Å². The molecule has 0 saturated carbocycles. The zero-order valence-corrected chi connectivity index (χ0v) is 22.1. The molecule has 3 aromatic rings. The van der Waals surface area contributed by atoms with Gasteiger partial charge in [-0.2, -0.15) is 0 Å². The van der Waals surface area contributed by atoms with Crippen molar-refractivity contribution in [2.24, 2.45) is 0 Å². The molecule has 3 aromatic carbocycles. The third kappa shape index (κ3) is 6.25. The second kappa shape index (κ2) is 12.1. The van der Waals surface area contributed by atoms with Gasteiger partial charge in [0.15, 0.2) is 0 Å². The minimum atomic E-state index is -4.11. The summed E-state index contributed by atoms with van der Waals surface area (Å²) in [5, 5.41) is 3.02. The lowest BCUT2D eigenvalue weighted by Crippen LogP contribution is -2.51. The van der Waals surface area contributed by atoms with Crippen LogP contribution in [0.4, 0.5) is 5.69 Å². The van der Waals surface area contributed by atoms with Crippen LogP contribution in [0.3, 0.4) is 0 Å². The smallest absolute Gasteiger partial charge is 0.264 e. The molecule has 3 rings (SSSR count). The highest BCUT2D eigenvalue weighted by molar-refractivity contribution is 7.92. The number of carbonyl (C=O) groups is 2. The number of sulfonamides is 1. The molecule has 0 aromatic heterocycles. The number of aryl methyl sites for hydroxylation is 1. The fourth-order valence-electron chi connectivity index (χ4n) is 3.91. The molecule has 0 spiro atoms. The minimum Gasteiger partial charge on any atom is -0.357 e. The molecule has 36 heavy (non-hydrogen) atoms. The maximum Gasteiger partial charge on any atom is 0.264 e. The summed E-state index contributed by atoms with van der Waals surface area (Å²) in [5.74, 6) is -0.804. The van der Waals surface area contributed by atoms with Crippen LogP contribution in [0.2, 0.25) is 5.02 Å². The summed E-state index contributed by atoms with van der Waals surface area (Å²) in [5.41, 5.74) is 2.18. The highest BCUT2D eigenvalue weighted by Crippen LogP contribution is 2.25. The van der Waals surface area contributed by atoms with Crippen molar-refractivity contribution < 1.29 is 18.0 Å². The summed E-state index contributed by atoms with van der Waals surface area (Å²) in [6.45, 7) is 3.44. The van der Waals surface area contributed by atoms with Crippen LogP contribution in [-0.2, 0) is 26.2 Å². The van der Waals surface area contributed by atoms with Gasteiger partial charge in [0.2, 0.25) is 11.8 Å². The van der Waals surface area contributed by atoms with E-state index in [1.165, 1.54) is 36.2 Å². The van der Waals surface area contributed by atoms with Crippen LogP contribution in [0.25, 0.3) is 0 Å². The Morgan fingerprint density at radius 2 is 1.56 bits per heavy atom. The fraction of sp³-hybridized carbons (Fsp3) is 0.259. The number of hydrogen-bond donors (Lipinski definition) is 1. The van der Waals surface area contributed by atoms with E-state index in [4.69, 9.17) is 11.6 Å². The van der Waals surface area contributed by atoms with Crippen LogP contribution in [0.1, 0.15) is 24.5 Å². The minimum absolute atomic E-state index is 0.00681. The predicted octanol–water partition coefficient (Wildman–Crippen LogP) is 4.40. The molecular formula is C27H30ClN3O4S. The number of carbonyl (C=O) groups excluding carboxylic acids is 2. The number of benzene rings is 3. The molecule has 0 aliphatic heterocycles. The SMILES string of the molecule is CC[C@H](C(=O)NC)N(Cc1ccccc1C)C(=O)CN(c1ccccc1)S(=O)(=O)c1ccc(Cl)cc1. The van der Waals surface area contributed by atoms with Crippen LogP contribution >= 0.6 is 11.6 Å². The highest BCUT2D eigenvalue weighted by Gasteiger charge is 2.33. The van der Waals surface area contributed by atoms with Crippen molar-refractivity contribution in [3.8, 4) is 0 Å².